The van der Waals surface area contributed by atoms with Crippen LogP contribution in [0.5, 0.6) is 0 Å². The first-order valence-electron chi connectivity index (χ1n) is 7.59. The van der Waals surface area contributed by atoms with Crippen molar-refractivity contribution in [2.75, 3.05) is 19.3 Å². The van der Waals surface area contributed by atoms with Gasteiger partial charge in [0, 0.05) is 25.4 Å². The fraction of sp³-hybridized carbons (Fsp3) is 0.375. The van der Waals surface area contributed by atoms with Crippen molar-refractivity contribution in [3.05, 3.63) is 53.9 Å². The summed E-state index contributed by atoms with van der Waals surface area (Å²) in [5.74, 6) is -0.404. The second kappa shape index (κ2) is 9.55. The Labute approximate surface area is 154 Å². The zero-order valence-corrected chi connectivity index (χ0v) is 15.8. The number of carbonyl (C=O) groups is 1. The van der Waals surface area contributed by atoms with E-state index in [0.717, 1.165) is 11.1 Å². The minimum absolute atomic E-state index is 0. The lowest BCUT2D eigenvalue weighted by Gasteiger charge is -2.14. The molecule has 2 N–H and O–H groups in total. The van der Waals surface area contributed by atoms with Gasteiger partial charge in [-0.15, -0.1) is 12.4 Å². The fourth-order valence-electron chi connectivity index (χ4n) is 2.37. The van der Waals surface area contributed by atoms with Gasteiger partial charge in [-0.2, -0.15) is 5.10 Å². The van der Waals surface area contributed by atoms with E-state index in [4.69, 9.17) is 0 Å². The van der Waals surface area contributed by atoms with Gasteiger partial charge in [-0.3, -0.25) is 9.48 Å². The highest BCUT2D eigenvalue weighted by atomic mass is 35.5. The van der Waals surface area contributed by atoms with E-state index >= 15 is 0 Å². The SMILES string of the molecule is CNC(C(=O)NCCS(=O)(=O)Cc1ccccc1)c1cnn(C)c1.Cl. The molecule has 0 aliphatic rings. The van der Waals surface area contributed by atoms with Crippen LogP contribution in [-0.4, -0.2) is 43.5 Å². The Hall–Kier alpha value is -1.90. The van der Waals surface area contributed by atoms with Crippen molar-refractivity contribution >= 4 is 28.2 Å². The lowest BCUT2D eigenvalue weighted by atomic mass is 10.1. The van der Waals surface area contributed by atoms with E-state index in [0.29, 0.717) is 0 Å². The van der Waals surface area contributed by atoms with Crippen LogP contribution in [0.1, 0.15) is 17.2 Å². The van der Waals surface area contributed by atoms with Gasteiger partial charge in [0.1, 0.15) is 6.04 Å². The van der Waals surface area contributed by atoms with Crippen molar-refractivity contribution in [3.63, 3.8) is 0 Å². The Balaban J connectivity index is 0.00000312. The molecule has 2 rings (SSSR count). The van der Waals surface area contributed by atoms with Gasteiger partial charge in [0.2, 0.25) is 5.91 Å². The third-order valence-electron chi connectivity index (χ3n) is 3.55. The number of halogens is 1. The zero-order valence-electron chi connectivity index (χ0n) is 14.2. The summed E-state index contributed by atoms with van der Waals surface area (Å²) in [5, 5.41) is 9.60. The van der Waals surface area contributed by atoms with Crippen LogP contribution in [0, 0.1) is 0 Å². The largest absolute Gasteiger partial charge is 0.353 e. The summed E-state index contributed by atoms with van der Waals surface area (Å²) in [7, 11) is 0.163. The standard InChI is InChI=1S/C16H22N4O3S.ClH/c1-17-15(14-10-19-20(2)11-14)16(21)18-8-9-24(22,23)12-13-6-4-3-5-7-13;/h3-7,10-11,15,17H,8-9,12H2,1-2H3,(H,18,21);1H. The zero-order chi connectivity index (χ0) is 17.6. The Kier molecular flexibility index (Phi) is 8.08. The van der Waals surface area contributed by atoms with Crippen molar-refractivity contribution in [1.29, 1.82) is 0 Å². The molecule has 0 bridgehead atoms. The van der Waals surface area contributed by atoms with E-state index < -0.39 is 15.9 Å². The van der Waals surface area contributed by atoms with E-state index in [1.165, 1.54) is 0 Å². The van der Waals surface area contributed by atoms with Gasteiger partial charge >= 0.3 is 0 Å². The van der Waals surface area contributed by atoms with Crippen molar-refractivity contribution in [3.8, 4) is 0 Å². The first-order chi connectivity index (χ1) is 11.4. The minimum atomic E-state index is -3.27. The lowest BCUT2D eigenvalue weighted by Crippen LogP contribution is -2.38. The molecule has 1 aromatic heterocycles. The van der Waals surface area contributed by atoms with Gasteiger partial charge in [0.05, 0.1) is 17.7 Å². The van der Waals surface area contributed by atoms with Crippen LogP contribution in [0.2, 0.25) is 0 Å². The quantitative estimate of drug-likeness (QED) is 0.701. The molecule has 7 nitrogen and oxygen atoms in total. The lowest BCUT2D eigenvalue weighted by molar-refractivity contribution is -0.123. The predicted molar refractivity (Wildman–Crippen MR) is 99.2 cm³/mol. The maximum absolute atomic E-state index is 12.2. The summed E-state index contributed by atoms with van der Waals surface area (Å²) in [4.78, 5) is 12.2. The Morgan fingerprint density at radius 3 is 2.52 bits per heavy atom. The number of nitrogens with zero attached hydrogens (tertiary/aromatic N) is 2. The topological polar surface area (TPSA) is 93.1 Å². The van der Waals surface area contributed by atoms with E-state index in [9.17, 15) is 13.2 Å². The van der Waals surface area contributed by atoms with Crippen LogP contribution in [0.15, 0.2) is 42.7 Å². The number of amides is 1. The summed E-state index contributed by atoms with van der Waals surface area (Å²) >= 11 is 0. The smallest absolute Gasteiger partial charge is 0.241 e. The molecule has 1 heterocycles. The average Bonchev–Trinajstić information content (AvgIpc) is 2.94. The number of rotatable bonds is 8. The molecule has 0 radical (unpaired) electrons. The van der Waals surface area contributed by atoms with Crippen LogP contribution in [0.3, 0.4) is 0 Å². The second-order valence-electron chi connectivity index (χ2n) is 5.54. The summed E-state index contributed by atoms with van der Waals surface area (Å²) in [6, 6.07) is 8.43. The van der Waals surface area contributed by atoms with Gasteiger partial charge in [0.15, 0.2) is 9.84 Å². The third-order valence-corrected chi connectivity index (χ3v) is 5.15. The first kappa shape index (κ1) is 21.1. The van der Waals surface area contributed by atoms with Crippen LogP contribution < -0.4 is 10.6 Å². The van der Waals surface area contributed by atoms with E-state index in [1.807, 2.05) is 6.07 Å². The summed E-state index contributed by atoms with van der Waals surface area (Å²) in [5.41, 5.74) is 1.47. The second-order valence-corrected chi connectivity index (χ2v) is 7.72. The van der Waals surface area contributed by atoms with E-state index in [-0.39, 0.29) is 36.4 Å². The summed E-state index contributed by atoms with van der Waals surface area (Å²) < 4.78 is 25.8. The van der Waals surface area contributed by atoms with Gasteiger partial charge in [-0.25, -0.2) is 8.42 Å². The molecule has 138 valence electrons. The van der Waals surface area contributed by atoms with Crippen LogP contribution in [-0.2, 0) is 27.4 Å². The molecule has 0 saturated heterocycles. The average molecular weight is 387 g/mol. The highest BCUT2D eigenvalue weighted by molar-refractivity contribution is 7.90. The molecule has 1 unspecified atom stereocenters. The van der Waals surface area contributed by atoms with Crippen molar-refractivity contribution in [2.45, 2.75) is 11.8 Å². The highest BCUT2D eigenvalue weighted by Gasteiger charge is 2.20. The molecule has 2 aromatic rings. The Morgan fingerprint density at radius 1 is 1.28 bits per heavy atom. The number of aryl methyl sites for hydroxylation is 1. The highest BCUT2D eigenvalue weighted by Crippen LogP contribution is 2.11. The van der Waals surface area contributed by atoms with Gasteiger partial charge in [-0.1, -0.05) is 30.3 Å². The molecule has 0 aliphatic carbocycles. The molecule has 9 heteroatoms. The molecule has 25 heavy (non-hydrogen) atoms. The molecular weight excluding hydrogens is 364 g/mol. The number of aromatic nitrogens is 2. The van der Waals surface area contributed by atoms with Crippen molar-refractivity contribution in [1.82, 2.24) is 20.4 Å². The molecule has 1 aromatic carbocycles. The van der Waals surface area contributed by atoms with Crippen LogP contribution in [0.25, 0.3) is 0 Å². The number of likely N-dealkylation sites (N-methyl/N-ethyl adjacent to an activating group) is 1. The molecule has 0 saturated carbocycles. The molecule has 1 atom stereocenters. The van der Waals surface area contributed by atoms with Crippen LogP contribution >= 0.6 is 12.4 Å². The predicted octanol–water partition coefficient (Wildman–Crippen LogP) is 0.834. The number of sulfone groups is 1. The molecule has 0 aliphatic heterocycles. The van der Waals surface area contributed by atoms with Gasteiger partial charge < -0.3 is 10.6 Å². The summed E-state index contributed by atoms with van der Waals surface area (Å²) in [6.45, 7) is 0.0758. The van der Waals surface area contributed by atoms with E-state index in [1.54, 1.807) is 55.4 Å². The number of hydrogen-bond donors (Lipinski definition) is 2. The first-order valence-corrected chi connectivity index (χ1v) is 9.41. The van der Waals surface area contributed by atoms with Crippen molar-refractivity contribution in [2.24, 2.45) is 7.05 Å². The normalized spacial score (nSPS) is 12.2. The molecule has 0 fully saturated rings. The summed E-state index contributed by atoms with van der Waals surface area (Å²) in [6.07, 6.45) is 3.35. The number of nitrogens with one attached hydrogen (secondary N) is 2. The minimum Gasteiger partial charge on any atom is -0.353 e. The van der Waals surface area contributed by atoms with Crippen LogP contribution in [0.4, 0.5) is 0 Å². The third kappa shape index (κ3) is 6.49. The number of hydrogen-bond acceptors (Lipinski definition) is 5. The maximum atomic E-state index is 12.2. The monoisotopic (exact) mass is 386 g/mol. The van der Waals surface area contributed by atoms with E-state index in [2.05, 4.69) is 15.7 Å². The molecule has 0 spiro atoms. The van der Waals surface area contributed by atoms with Crippen molar-refractivity contribution < 1.29 is 13.2 Å². The van der Waals surface area contributed by atoms with Gasteiger partial charge in [-0.05, 0) is 12.6 Å². The Bertz CT molecular complexity index is 778. The molecular formula is C16H23ClN4O3S. The number of benzene rings is 1. The fourth-order valence-corrected chi connectivity index (χ4v) is 3.63. The Morgan fingerprint density at radius 2 is 1.96 bits per heavy atom. The maximum Gasteiger partial charge on any atom is 0.241 e. The molecule has 1 amide bonds. The van der Waals surface area contributed by atoms with Gasteiger partial charge in [0.25, 0.3) is 0 Å². The number of carbonyl (C=O) groups excluding carboxylic acids is 1.